The van der Waals surface area contributed by atoms with Gasteiger partial charge >= 0.3 is 5.97 Å². The number of allylic oxidation sites excluding steroid dienone is 2. The minimum absolute atomic E-state index is 0.0927. The summed E-state index contributed by atoms with van der Waals surface area (Å²) in [4.78, 5) is 10.6. The van der Waals surface area contributed by atoms with Crippen molar-refractivity contribution in [2.45, 2.75) is 96.9 Å². The summed E-state index contributed by atoms with van der Waals surface area (Å²) in [5, 5.41) is 19.3. The molecule has 1 unspecified atom stereocenters. The molecule has 2 fully saturated rings. The van der Waals surface area contributed by atoms with E-state index in [0.29, 0.717) is 30.5 Å². The molecule has 4 heteroatoms. The highest BCUT2D eigenvalue weighted by atomic mass is 16.5. The Bertz CT molecular complexity index is 522. The molecule has 27 heavy (non-hydrogen) atoms. The molecule has 0 amide bonds. The van der Waals surface area contributed by atoms with E-state index in [4.69, 9.17) is 9.84 Å². The number of aliphatic hydroxyl groups is 1. The molecule has 2 bridgehead atoms. The number of ether oxygens (including phenoxy) is 1. The second-order valence-corrected chi connectivity index (χ2v) is 8.95. The number of carbonyl (C=O) groups is 1. The maximum absolute atomic E-state index is 10.6. The van der Waals surface area contributed by atoms with Gasteiger partial charge in [-0.15, -0.1) is 0 Å². The average Bonchev–Trinajstić information content (AvgIpc) is 3.22. The zero-order chi connectivity index (χ0) is 19.9. The van der Waals surface area contributed by atoms with Gasteiger partial charge in [-0.05, 0) is 49.9 Å². The summed E-state index contributed by atoms with van der Waals surface area (Å²) >= 11 is 0. The number of carboxylic acids is 1. The number of hydrogen-bond acceptors (Lipinski definition) is 3. The van der Waals surface area contributed by atoms with Gasteiger partial charge in [-0.2, -0.15) is 0 Å². The van der Waals surface area contributed by atoms with E-state index in [0.717, 1.165) is 44.9 Å². The summed E-state index contributed by atoms with van der Waals surface area (Å²) in [5.41, 5.74) is -0.0927. The summed E-state index contributed by atoms with van der Waals surface area (Å²) in [6.07, 6.45) is 17.0. The molecule has 0 spiro atoms. The lowest BCUT2D eigenvalue weighted by Crippen LogP contribution is -2.29. The second kappa shape index (κ2) is 10.4. The molecule has 2 saturated heterocycles. The normalized spacial score (nSPS) is 29.2. The summed E-state index contributed by atoms with van der Waals surface area (Å²) in [7, 11) is 0. The number of hydrogen-bond donors (Lipinski definition) is 2. The topological polar surface area (TPSA) is 66.8 Å². The maximum Gasteiger partial charge on any atom is 0.303 e. The lowest BCUT2D eigenvalue weighted by Gasteiger charge is -2.30. The van der Waals surface area contributed by atoms with E-state index in [2.05, 4.69) is 39.0 Å². The molecule has 4 nitrogen and oxygen atoms in total. The highest BCUT2D eigenvalue weighted by Crippen LogP contribution is 2.46. The van der Waals surface area contributed by atoms with Crippen LogP contribution in [0.3, 0.4) is 0 Å². The summed E-state index contributed by atoms with van der Waals surface area (Å²) in [5.74, 6) is 0.126. The Morgan fingerprint density at radius 2 is 1.96 bits per heavy atom. The minimum Gasteiger partial charge on any atom is -0.481 e. The molecule has 2 heterocycles. The molecule has 2 aliphatic heterocycles. The SMILES string of the molecule is CCCCC(C)(C)C(O)C=C[C@H]1[C@H](CC=CCCCC(=O)O)[C@H]2CC[C@@H]1O2. The molecule has 0 aromatic carbocycles. The van der Waals surface area contributed by atoms with Crippen molar-refractivity contribution in [3.05, 3.63) is 24.3 Å². The van der Waals surface area contributed by atoms with E-state index in [-0.39, 0.29) is 11.8 Å². The molecule has 2 aliphatic rings. The Balaban J connectivity index is 1.88. The zero-order valence-corrected chi connectivity index (χ0v) is 17.3. The van der Waals surface area contributed by atoms with Crippen LogP contribution in [-0.2, 0) is 9.53 Å². The maximum atomic E-state index is 10.6. The number of carboxylic acid groups (broad SMARTS) is 1. The number of aliphatic hydroxyl groups excluding tert-OH is 1. The molecule has 0 radical (unpaired) electrons. The Morgan fingerprint density at radius 3 is 2.67 bits per heavy atom. The van der Waals surface area contributed by atoms with Gasteiger partial charge in [0.25, 0.3) is 0 Å². The molecule has 2 rings (SSSR count). The molecular weight excluding hydrogens is 340 g/mol. The van der Waals surface area contributed by atoms with E-state index in [1.807, 2.05) is 6.08 Å². The van der Waals surface area contributed by atoms with Gasteiger partial charge in [-0.3, -0.25) is 4.79 Å². The van der Waals surface area contributed by atoms with Gasteiger partial charge in [0, 0.05) is 12.3 Å². The van der Waals surface area contributed by atoms with Crippen LogP contribution in [0.1, 0.15) is 78.6 Å². The van der Waals surface area contributed by atoms with Crippen LogP contribution < -0.4 is 0 Å². The summed E-state index contributed by atoms with van der Waals surface area (Å²) in [6.45, 7) is 6.48. The van der Waals surface area contributed by atoms with E-state index in [9.17, 15) is 9.90 Å². The quantitative estimate of drug-likeness (QED) is 0.366. The van der Waals surface area contributed by atoms with Gasteiger partial charge < -0.3 is 14.9 Å². The van der Waals surface area contributed by atoms with E-state index in [1.165, 1.54) is 0 Å². The van der Waals surface area contributed by atoms with Crippen molar-refractivity contribution in [1.29, 1.82) is 0 Å². The van der Waals surface area contributed by atoms with Crippen LogP contribution in [0.4, 0.5) is 0 Å². The van der Waals surface area contributed by atoms with Crippen molar-refractivity contribution in [2.75, 3.05) is 0 Å². The van der Waals surface area contributed by atoms with Crippen LogP contribution in [0.25, 0.3) is 0 Å². The average molecular weight is 379 g/mol. The standard InChI is InChI=1S/C23H38O4/c1-4-5-16-23(2,3)21(24)15-12-18-17(19-13-14-20(18)27-19)10-8-6-7-9-11-22(25)26/h6,8,12,15,17-21,24H,4-5,7,9-11,13-14,16H2,1-3H3,(H,25,26)/t17-,18-,19+,20-,21?/m0/s1. The lowest BCUT2D eigenvalue weighted by atomic mass is 9.76. The van der Waals surface area contributed by atoms with Crippen LogP contribution in [0.2, 0.25) is 0 Å². The molecule has 0 aliphatic carbocycles. The number of aliphatic carboxylic acids is 1. The Morgan fingerprint density at radius 1 is 1.22 bits per heavy atom. The molecular formula is C23H38O4. The predicted molar refractivity (Wildman–Crippen MR) is 109 cm³/mol. The van der Waals surface area contributed by atoms with Crippen LogP contribution >= 0.6 is 0 Å². The minimum atomic E-state index is -0.726. The fourth-order valence-electron chi connectivity index (χ4n) is 4.40. The molecule has 2 N–H and O–H groups in total. The van der Waals surface area contributed by atoms with Gasteiger partial charge in [0.15, 0.2) is 0 Å². The largest absolute Gasteiger partial charge is 0.481 e. The van der Waals surface area contributed by atoms with Crippen molar-refractivity contribution >= 4 is 5.97 Å². The molecule has 154 valence electrons. The Labute approximate surface area is 164 Å². The lowest BCUT2D eigenvalue weighted by molar-refractivity contribution is -0.137. The first-order valence-electron chi connectivity index (χ1n) is 10.7. The Kier molecular flexibility index (Phi) is 8.56. The number of rotatable bonds is 12. The van der Waals surface area contributed by atoms with Crippen molar-refractivity contribution < 1.29 is 19.7 Å². The molecule has 0 aromatic heterocycles. The van der Waals surface area contributed by atoms with Gasteiger partial charge in [0.2, 0.25) is 0 Å². The first kappa shape index (κ1) is 22.2. The number of fused-ring (bicyclic) bond motifs is 2. The van der Waals surface area contributed by atoms with E-state index >= 15 is 0 Å². The van der Waals surface area contributed by atoms with Crippen molar-refractivity contribution in [3.63, 3.8) is 0 Å². The first-order valence-corrected chi connectivity index (χ1v) is 10.7. The van der Waals surface area contributed by atoms with Crippen molar-refractivity contribution in [1.82, 2.24) is 0 Å². The van der Waals surface area contributed by atoms with Crippen LogP contribution in [0.5, 0.6) is 0 Å². The van der Waals surface area contributed by atoms with E-state index in [1.54, 1.807) is 0 Å². The van der Waals surface area contributed by atoms with Crippen LogP contribution in [0, 0.1) is 17.3 Å². The molecule has 0 aromatic rings. The summed E-state index contributed by atoms with van der Waals surface area (Å²) < 4.78 is 6.15. The molecule has 0 saturated carbocycles. The van der Waals surface area contributed by atoms with Crippen molar-refractivity contribution in [3.8, 4) is 0 Å². The third kappa shape index (κ3) is 6.46. The van der Waals surface area contributed by atoms with E-state index < -0.39 is 12.1 Å². The fourth-order valence-corrected chi connectivity index (χ4v) is 4.40. The van der Waals surface area contributed by atoms with Crippen molar-refractivity contribution in [2.24, 2.45) is 17.3 Å². The predicted octanol–water partition coefficient (Wildman–Crippen LogP) is 5.11. The zero-order valence-electron chi connectivity index (χ0n) is 17.3. The summed E-state index contributed by atoms with van der Waals surface area (Å²) in [6, 6.07) is 0. The third-order valence-electron chi connectivity index (χ3n) is 6.31. The Hall–Kier alpha value is -1.13. The van der Waals surface area contributed by atoms with Gasteiger partial charge in [0.05, 0.1) is 18.3 Å². The molecule has 5 atom stereocenters. The first-order chi connectivity index (χ1) is 12.8. The van der Waals surface area contributed by atoms with Gasteiger partial charge in [-0.1, -0.05) is 57.9 Å². The van der Waals surface area contributed by atoms with Crippen LogP contribution in [-0.4, -0.2) is 34.5 Å². The van der Waals surface area contributed by atoms with Gasteiger partial charge in [0.1, 0.15) is 0 Å². The highest BCUT2D eigenvalue weighted by Gasteiger charge is 2.47. The third-order valence-corrected chi connectivity index (χ3v) is 6.31. The highest BCUT2D eigenvalue weighted by molar-refractivity contribution is 5.66. The number of unbranched alkanes of at least 4 members (excludes halogenated alkanes) is 2. The second-order valence-electron chi connectivity index (χ2n) is 8.95. The monoisotopic (exact) mass is 378 g/mol. The smallest absolute Gasteiger partial charge is 0.303 e. The fraction of sp³-hybridized carbons (Fsp3) is 0.783. The van der Waals surface area contributed by atoms with Gasteiger partial charge in [-0.25, -0.2) is 0 Å². The van der Waals surface area contributed by atoms with Crippen LogP contribution in [0.15, 0.2) is 24.3 Å².